The fourth-order valence-corrected chi connectivity index (χ4v) is 1.15. The second kappa shape index (κ2) is 3.94. The Morgan fingerprint density at radius 1 is 1.54 bits per heavy atom. The summed E-state index contributed by atoms with van der Waals surface area (Å²) in [6, 6.07) is 5.70. The SMILES string of the molecule is CNC(=O)Cc1cc(C)ccc1N. The van der Waals surface area contributed by atoms with Gasteiger partial charge >= 0.3 is 0 Å². The zero-order valence-corrected chi connectivity index (χ0v) is 7.92. The summed E-state index contributed by atoms with van der Waals surface area (Å²) < 4.78 is 0. The fourth-order valence-electron chi connectivity index (χ4n) is 1.15. The Hall–Kier alpha value is -1.51. The van der Waals surface area contributed by atoms with Gasteiger partial charge in [0.2, 0.25) is 5.91 Å². The van der Waals surface area contributed by atoms with Crippen LogP contribution in [0.25, 0.3) is 0 Å². The fraction of sp³-hybridized carbons (Fsp3) is 0.300. The van der Waals surface area contributed by atoms with E-state index in [1.54, 1.807) is 7.05 Å². The van der Waals surface area contributed by atoms with E-state index in [1.807, 2.05) is 25.1 Å². The van der Waals surface area contributed by atoms with E-state index in [-0.39, 0.29) is 5.91 Å². The van der Waals surface area contributed by atoms with Crippen LogP contribution in [-0.4, -0.2) is 13.0 Å². The second-order valence-corrected chi connectivity index (χ2v) is 3.05. The van der Waals surface area contributed by atoms with Gasteiger partial charge in [0.05, 0.1) is 6.42 Å². The maximum atomic E-state index is 11.1. The average molecular weight is 178 g/mol. The molecular weight excluding hydrogens is 164 g/mol. The maximum Gasteiger partial charge on any atom is 0.224 e. The number of likely N-dealkylation sites (N-methyl/N-ethyl adjacent to an activating group) is 1. The summed E-state index contributed by atoms with van der Waals surface area (Å²) in [6.07, 6.45) is 0.351. The smallest absolute Gasteiger partial charge is 0.224 e. The van der Waals surface area contributed by atoms with Gasteiger partial charge in [0.1, 0.15) is 0 Å². The van der Waals surface area contributed by atoms with E-state index in [4.69, 9.17) is 5.73 Å². The Morgan fingerprint density at radius 2 is 2.23 bits per heavy atom. The van der Waals surface area contributed by atoms with Crippen molar-refractivity contribution >= 4 is 11.6 Å². The molecular formula is C10H14N2O. The van der Waals surface area contributed by atoms with E-state index in [9.17, 15) is 4.79 Å². The number of carbonyl (C=O) groups is 1. The number of nitrogen functional groups attached to an aromatic ring is 1. The number of nitrogens with two attached hydrogens (primary N) is 1. The Bertz CT molecular complexity index is 321. The standard InChI is InChI=1S/C10H14N2O/c1-7-3-4-9(11)8(5-7)6-10(13)12-2/h3-5H,6,11H2,1-2H3,(H,12,13). The summed E-state index contributed by atoms with van der Waals surface area (Å²) in [4.78, 5) is 11.1. The molecule has 0 saturated heterocycles. The molecule has 0 fully saturated rings. The van der Waals surface area contributed by atoms with Crippen LogP contribution in [0.2, 0.25) is 0 Å². The Labute approximate surface area is 77.9 Å². The lowest BCUT2D eigenvalue weighted by atomic mass is 10.1. The van der Waals surface area contributed by atoms with Crippen molar-refractivity contribution < 1.29 is 4.79 Å². The molecule has 1 aromatic carbocycles. The third-order valence-corrected chi connectivity index (χ3v) is 1.93. The number of hydrogen-bond acceptors (Lipinski definition) is 2. The van der Waals surface area contributed by atoms with Gasteiger partial charge in [-0.05, 0) is 18.6 Å². The lowest BCUT2D eigenvalue weighted by Crippen LogP contribution is -2.20. The average Bonchev–Trinajstić information content (AvgIpc) is 2.11. The summed E-state index contributed by atoms with van der Waals surface area (Å²) in [7, 11) is 1.62. The van der Waals surface area contributed by atoms with Crippen LogP contribution in [0.15, 0.2) is 18.2 Å². The van der Waals surface area contributed by atoms with Gasteiger partial charge in [0, 0.05) is 12.7 Å². The van der Waals surface area contributed by atoms with Crippen LogP contribution in [0.3, 0.4) is 0 Å². The highest BCUT2D eigenvalue weighted by Crippen LogP contribution is 2.13. The molecule has 0 heterocycles. The Morgan fingerprint density at radius 3 is 2.85 bits per heavy atom. The minimum atomic E-state index is -0.0164. The molecule has 3 nitrogen and oxygen atoms in total. The molecule has 1 amide bonds. The van der Waals surface area contributed by atoms with Crippen LogP contribution < -0.4 is 11.1 Å². The van der Waals surface area contributed by atoms with Crippen LogP contribution in [0, 0.1) is 6.92 Å². The lowest BCUT2D eigenvalue weighted by Gasteiger charge is -2.05. The molecule has 0 spiro atoms. The maximum absolute atomic E-state index is 11.1. The molecule has 0 saturated carbocycles. The number of aryl methyl sites for hydroxylation is 1. The third kappa shape index (κ3) is 2.47. The number of rotatable bonds is 2. The molecule has 3 heteroatoms. The van der Waals surface area contributed by atoms with Crippen LogP contribution in [0.4, 0.5) is 5.69 Å². The zero-order valence-electron chi connectivity index (χ0n) is 7.92. The monoisotopic (exact) mass is 178 g/mol. The number of hydrogen-bond donors (Lipinski definition) is 2. The first kappa shape index (κ1) is 9.58. The van der Waals surface area contributed by atoms with Crippen LogP contribution in [-0.2, 0) is 11.2 Å². The second-order valence-electron chi connectivity index (χ2n) is 3.05. The first-order valence-electron chi connectivity index (χ1n) is 4.19. The lowest BCUT2D eigenvalue weighted by molar-refractivity contribution is -0.119. The quantitative estimate of drug-likeness (QED) is 0.660. The van der Waals surface area contributed by atoms with Gasteiger partial charge in [-0.25, -0.2) is 0 Å². The van der Waals surface area contributed by atoms with E-state index in [2.05, 4.69) is 5.32 Å². The van der Waals surface area contributed by atoms with Crippen molar-refractivity contribution in [2.45, 2.75) is 13.3 Å². The van der Waals surface area contributed by atoms with Crippen molar-refractivity contribution in [2.24, 2.45) is 0 Å². The van der Waals surface area contributed by atoms with Crippen molar-refractivity contribution in [3.05, 3.63) is 29.3 Å². The minimum absolute atomic E-state index is 0.0164. The third-order valence-electron chi connectivity index (χ3n) is 1.93. The van der Waals surface area contributed by atoms with Gasteiger partial charge in [0.15, 0.2) is 0 Å². The number of carbonyl (C=O) groups excluding carboxylic acids is 1. The molecule has 13 heavy (non-hydrogen) atoms. The Kier molecular flexibility index (Phi) is 2.90. The molecule has 0 radical (unpaired) electrons. The molecule has 1 rings (SSSR count). The van der Waals surface area contributed by atoms with Crippen molar-refractivity contribution in [2.75, 3.05) is 12.8 Å². The minimum Gasteiger partial charge on any atom is -0.398 e. The first-order valence-corrected chi connectivity index (χ1v) is 4.19. The highest BCUT2D eigenvalue weighted by molar-refractivity contribution is 5.79. The van der Waals surface area contributed by atoms with Crippen LogP contribution in [0.5, 0.6) is 0 Å². The highest BCUT2D eigenvalue weighted by atomic mass is 16.1. The molecule has 0 aliphatic rings. The van der Waals surface area contributed by atoms with Gasteiger partial charge in [-0.3, -0.25) is 4.79 Å². The summed E-state index contributed by atoms with van der Waals surface area (Å²) >= 11 is 0. The topological polar surface area (TPSA) is 55.1 Å². The van der Waals surface area contributed by atoms with E-state index in [0.29, 0.717) is 12.1 Å². The molecule has 0 aliphatic carbocycles. The van der Waals surface area contributed by atoms with Gasteiger partial charge in [-0.2, -0.15) is 0 Å². The van der Waals surface area contributed by atoms with E-state index < -0.39 is 0 Å². The number of amides is 1. The molecule has 0 bridgehead atoms. The van der Waals surface area contributed by atoms with E-state index in [0.717, 1.165) is 11.1 Å². The number of nitrogens with one attached hydrogen (secondary N) is 1. The Balaban J connectivity index is 2.87. The van der Waals surface area contributed by atoms with Crippen LogP contribution in [0.1, 0.15) is 11.1 Å². The first-order chi connectivity index (χ1) is 6.13. The molecule has 3 N–H and O–H groups in total. The molecule has 1 aromatic rings. The molecule has 70 valence electrons. The molecule has 0 unspecified atom stereocenters. The molecule has 0 atom stereocenters. The van der Waals surface area contributed by atoms with Crippen molar-refractivity contribution in [1.29, 1.82) is 0 Å². The normalized spacial score (nSPS) is 9.69. The van der Waals surface area contributed by atoms with Crippen molar-refractivity contribution in [3.63, 3.8) is 0 Å². The summed E-state index contributed by atoms with van der Waals surface area (Å²) in [5.74, 6) is -0.0164. The zero-order chi connectivity index (χ0) is 9.84. The highest BCUT2D eigenvalue weighted by Gasteiger charge is 2.04. The molecule has 0 aromatic heterocycles. The molecule has 0 aliphatic heterocycles. The van der Waals surface area contributed by atoms with Crippen molar-refractivity contribution in [1.82, 2.24) is 5.32 Å². The van der Waals surface area contributed by atoms with Gasteiger partial charge in [0.25, 0.3) is 0 Å². The predicted octanol–water partition coefficient (Wildman–Crippen LogP) is 0.866. The van der Waals surface area contributed by atoms with E-state index >= 15 is 0 Å². The number of benzene rings is 1. The summed E-state index contributed by atoms with van der Waals surface area (Å²) in [5.41, 5.74) is 8.39. The summed E-state index contributed by atoms with van der Waals surface area (Å²) in [6.45, 7) is 1.98. The van der Waals surface area contributed by atoms with Crippen molar-refractivity contribution in [3.8, 4) is 0 Å². The summed E-state index contributed by atoms with van der Waals surface area (Å²) in [5, 5.41) is 2.57. The predicted molar refractivity (Wildman–Crippen MR) is 53.4 cm³/mol. The van der Waals surface area contributed by atoms with Crippen LogP contribution >= 0.6 is 0 Å². The largest absolute Gasteiger partial charge is 0.398 e. The van der Waals surface area contributed by atoms with Gasteiger partial charge < -0.3 is 11.1 Å². The van der Waals surface area contributed by atoms with Gasteiger partial charge in [-0.1, -0.05) is 17.7 Å². The van der Waals surface area contributed by atoms with E-state index in [1.165, 1.54) is 0 Å². The number of anilines is 1. The van der Waals surface area contributed by atoms with Gasteiger partial charge in [-0.15, -0.1) is 0 Å².